The SMILES string of the molecule is CCCCC/C=C(\CP(=O)(CC(C)C)OCC)C(=O)OCC. The molecule has 22 heavy (non-hydrogen) atoms. The first-order valence-corrected chi connectivity index (χ1v) is 10.5. The lowest BCUT2D eigenvalue weighted by atomic mass is 10.1. The van der Waals surface area contributed by atoms with Crippen molar-refractivity contribution in [3.63, 3.8) is 0 Å². The summed E-state index contributed by atoms with van der Waals surface area (Å²) in [7, 11) is -2.83. The van der Waals surface area contributed by atoms with E-state index in [1.165, 1.54) is 0 Å². The summed E-state index contributed by atoms with van der Waals surface area (Å²) in [5, 5.41) is 0. The van der Waals surface area contributed by atoms with Crippen LogP contribution in [0.1, 0.15) is 60.3 Å². The van der Waals surface area contributed by atoms with E-state index in [-0.39, 0.29) is 18.0 Å². The van der Waals surface area contributed by atoms with E-state index in [9.17, 15) is 9.36 Å². The second-order valence-electron chi connectivity index (χ2n) is 5.91. The molecule has 4 nitrogen and oxygen atoms in total. The molecule has 0 aromatic rings. The molecule has 1 unspecified atom stereocenters. The fourth-order valence-electron chi connectivity index (χ4n) is 2.32. The Hall–Kier alpha value is -0.600. The fraction of sp³-hybridized carbons (Fsp3) is 0.824. The van der Waals surface area contributed by atoms with Crippen molar-refractivity contribution in [3.05, 3.63) is 11.6 Å². The lowest BCUT2D eigenvalue weighted by Gasteiger charge is -2.20. The Labute approximate surface area is 136 Å². The maximum atomic E-state index is 13.0. The molecule has 0 amide bonds. The summed E-state index contributed by atoms with van der Waals surface area (Å²) < 4.78 is 23.6. The molecule has 0 saturated carbocycles. The van der Waals surface area contributed by atoms with E-state index in [0.29, 0.717) is 24.9 Å². The summed E-state index contributed by atoms with van der Waals surface area (Å²) in [6, 6.07) is 0. The maximum Gasteiger partial charge on any atom is 0.334 e. The number of carbonyl (C=O) groups excluding carboxylic acids is 1. The van der Waals surface area contributed by atoms with Gasteiger partial charge < -0.3 is 9.26 Å². The largest absolute Gasteiger partial charge is 0.463 e. The van der Waals surface area contributed by atoms with E-state index in [4.69, 9.17) is 9.26 Å². The molecule has 0 aliphatic heterocycles. The number of rotatable bonds is 12. The summed E-state index contributed by atoms with van der Waals surface area (Å²) in [6.45, 7) is 10.5. The van der Waals surface area contributed by atoms with E-state index >= 15 is 0 Å². The standard InChI is InChI=1S/C17H33O4P/c1-6-9-10-11-12-16(17(18)20-7-2)14-22(19,21-8-3)13-15(4)5/h12,15H,6-11,13-14H2,1-5H3/b16-12+. The van der Waals surface area contributed by atoms with Crippen molar-refractivity contribution in [2.45, 2.75) is 60.3 Å². The zero-order valence-electron chi connectivity index (χ0n) is 14.9. The van der Waals surface area contributed by atoms with Crippen molar-refractivity contribution in [1.29, 1.82) is 0 Å². The first kappa shape index (κ1) is 21.4. The average Bonchev–Trinajstić information content (AvgIpc) is 2.41. The van der Waals surface area contributed by atoms with Crippen LogP contribution in [0.5, 0.6) is 0 Å². The van der Waals surface area contributed by atoms with Crippen LogP contribution in [0.4, 0.5) is 0 Å². The Morgan fingerprint density at radius 2 is 1.82 bits per heavy atom. The second kappa shape index (κ2) is 11.9. The summed E-state index contributed by atoms with van der Waals surface area (Å²) in [5.74, 6) is -0.0939. The molecule has 1 atom stereocenters. The van der Waals surface area contributed by atoms with Gasteiger partial charge in [0.1, 0.15) is 0 Å². The summed E-state index contributed by atoms with van der Waals surface area (Å²) in [6.07, 6.45) is 6.67. The molecule has 0 aromatic carbocycles. The highest BCUT2D eigenvalue weighted by atomic mass is 31.2. The number of esters is 1. The first-order valence-electron chi connectivity index (χ1n) is 8.47. The number of unbranched alkanes of at least 4 members (excludes halogenated alkanes) is 3. The van der Waals surface area contributed by atoms with Gasteiger partial charge in [-0.2, -0.15) is 0 Å². The molecular formula is C17H33O4P. The van der Waals surface area contributed by atoms with Crippen molar-refractivity contribution in [3.8, 4) is 0 Å². The highest BCUT2D eigenvalue weighted by molar-refractivity contribution is 7.59. The van der Waals surface area contributed by atoms with E-state index in [1.54, 1.807) is 6.92 Å². The van der Waals surface area contributed by atoms with Gasteiger partial charge >= 0.3 is 5.97 Å². The van der Waals surface area contributed by atoms with Gasteiger partial charge in [0, 0.05) is 11.7 Å². The Morgan fingerprint density at radius 1 is 1.14 bits per heavy atom. The van der Waals surface area contributed by atoms with Gasteiger partial charge in [-0.1, -0.05) is 39.7 Å². The molecular weight excluding hydrogens is 299 g/mol. The number of carbonyl (C=O) groups is 1. The Balaban J connectivity index is 5.04. The van der Waals surface area contributed by atoms with Gasteiger partial charge in [0.05, 0.1) is 19.4 Å². The molecule has 0 aliphatic rings. The number of ether oxygens (including phenoxy) is 1. The van der Waals surface area contributed by atoms with Gasteiger partial charge in [0.2, 0.25) is 7.37 Å². The van der Waals surface area contributed by atoms with Crippen molar-refractivity contribution in [1.82, 2.24) is 0 Å². The lowest BCUT2D eigenvalue weighted by Crippen LogP contribution is -2.14. The Kier molecular flexibility index (Phi) is 11.6. The van der Waals surface area contributed by atoms with E-state index < -0.39 is 7.37 Å². The topological polar surface area (TPSA) is 52.6 Å². The Morgan fingerprint density at radius 3 is 2.32 bits per heavy atom. The van der Waals surface area contributed by atoms with E-state index in [2.05, 4.69) is 6.92 Å². The molecule has 5 heteroatoms. The number of allylic oxidation sites excluding steroid dienone is 1. The molecule has 0 saturated heterocycles. The van der Waals surface area contributed by atoms with Crippen LogP contribution in [0.15, 0.2) is 11.6 Å². The highest BCUT2D eigenvalue weighted by Gasteiger charge is 2.28. The Bertz CT molecular complexity index is 388. The third-order valence-corrected chi connectivity index (χ3v) is 5.99. The van der Waals surface area contributed by atoms with E-state index in [1.807, 2.05) is 26.8 Å². The molecule has 0 aliphatic carbocycles. The van der Waals surface area contributed by atoms with Crippen LogP contribution in [0, 0.1) is 5.92 Å². The normalized spacial score (nSPS) is 14.9. The van der Waals surface area contributed by atoms with Crippen molar-refractivity contribution in [2.24, 2.45) is 5.92 Å². The summed E-state index contributed by atoms with van der Waals surface area (Å²) in [4.78, 5) is 12.1. The summed E-state index contributed by atoms with van der Waals surface area (Å²) >= 11 is 0. The summed E-state index contributed by atoms with van der Waals surface area (Å²) in [5.41, 5.74) is 0.510. The molecule has 130 valence electrons. The molecule has 0 N–H and O–H groups in total. The van der Waals surface area contributed by atoms with Gasteiger partial charge in [-0.3, -0.25) is 4.57 Å². The van der Waals surface area contributed by atoms with Gasteiger partial charge in [-0.15, -0.1) is 0 Å². The predicted octanol–water partition coefficient (Wildman–Crippen LogP) is 5.03. The molecule has 0 aromatic heterocycles. The van der Waals surface area contributed by atoms with Crippen molar-refractivity contribution >= 4 is 13.3 Å². The molecule has 0 bridgehead atoms. The monoisotopic (exact) mass is 332 g/mol. The third kappa shape index (κ3) is 9.42. The minimum Gasteiger partial charge on any atom is -0.463 e. The third-order valence-electron chi connectivity index (χ3n) is 3.15. The van der Waals surface area contributed by atoms with Crippen LogP contribution in [-0.4, -0.2) is 31.5 Å². The van der Waals surface area contributed by atoms with Crippen molar-refractivity contribution in [2.75, 3.05) is 25.5 Å². The molecule has 0 rings (SSSR count). The minimum atomic E-state index is -2.83. The molecule has 0 fully saturated rings. The van der Waals surface area contributed by atoms with Crippen LogP contribution in [0.25, 0.3) is 0 Å². The van der Waals surface area contributed by atoms with Crippen LogP contribution in [0.2, 0.25) is 0 Å². The predicted molar refractivity (Wildman–Crippen MR) is 92.7 cm³/mol. The molecule has 0 radical (unpaired) electrons. The minimum absolute atomic E-state index is 0.185. The highest BCUT2D eigenvalue weighted by Crippen LogP contribution is 2.50. The first-order chi connectivity index (χ1) is 10.4. The van der Waals surface area contributed by atoms with Crippen LogP contribution >= 0.6 is 7.37 Å². The molecule has 0 heterocycles. The van der Waals surface area contributed by atoms with Crippen LogP contribution < -0.4 is 0 Å². The van der Waals surface area contributed by atoms with Gasteiger partial charge in [0.15, 0.2) is 0 Å². The van der Waals surface area contributed by atoms with Crippen molar-refractivity contribution < 1.29 is 18.6 Å². The number of hydrogen-bond acceptors (Lipinski definition) is 4. The van der Waals surface area contributed by atoms with Gasteiger partial charge in [0.25, 0.3) is 0 Å². The maximum absolute atomic E-state index is 13.0. The van der Waals surface area contributed by atoms with Crippen LogP contribution in [0.3, 0.4) is 0 Å². The fourth-order valence-corrected chi connectivity index (χ4v) is 5.01. The second-order valence-corrected chi connectivity index (χ2v) is 8.48. The van der Waals surface area contributed by atoms with Crippen LogP contribution in [-0.2, 0) is 18.6 Å². The van der Waals surface area contributed by atoms with Gasteiger partial charge in [-0.05, 0) is 32.6 Å². The zero-order chi connectivity index (χ0) is 17.0. The quantitative estimate of drug-likeness (QED) is 0.218. The molecule has 0 spiro atoms. The lowest BCUT2D eigenvalue weighted by molar-refractivity contribution is -0.138. The number of hydrogen-bond donors (Lipinski definition) is 0. The smallest absolute Gasteiger partial charge is 0.334 e. The van der Waals surface area contributed by atoms with Gasteiger partial charge in [-0.25, -0.2) is 4.79 Å². The zero-order valence-corrected chi connectivity index (χ0v) is 15.8. The van der Waals surface area contributed by atoms with E-state index in [0.717, 1.165) is 25.7 Å². The average molecular weight is 332 g/mol.